The zero-order valence-electron chi connectivity index (χ0n) is 13.1. The molecule has 1 unspecified atom stereocenters. The molecule has 1 fully saturated rings. The van der Waals surface area contributed by atoms with Crippen molar-refractivity contribution in [2.75, 3.05) is 26.7 Å². The molecule has 1 aromatic carbocycles. The monoisotopic (exact) mass is 319 g/mol. The topological polar surface area (TPSA) is 102 Å². The number of nitrogens with zero attached hydrogens (tertiary/aromatic N) is 1. The summed E-state index contributed by atoms with van der Waals surface area (Å²) in [5.74, 6) is -0.751. The summed E-state index contributed by atoms with van der Waals surface area (Å²) in [5.41, 5.74) is 5.44. The van der Waals surface area contributed by atoms with Crippen LogP contribution >= 0.6 is 0 Å². The van der Waals surface area contributed by atoms with Crippen molar-refractivity contribution < 1.29 is 19.1 Å². The average Bonchev–Trinajstić information content (AvgIpc) is 2.59. The maximum Gasteiger partial charge on any atom is 0.257 e. The first kappa shape index (κ1) is 16.8. The van der Waals surface area contributed by atoms with Crippen LogP contribution < -0.4 is 15.8 Å². The molecule has 0 spiro atoms. The van der Waals surface area contributed by atoms with Crippen LogP contribution in [0.15, 0.2) is 24.3 Å². The number of benzene rings is 1. The Labute approximate surface area is 134 Å². The van der Waals surface area contributed by atoms with Crippen LogP contribution in [0.25, 0.3) is 0 Å². The number of carbonyl (C=O) groups excluding carboxylic acids is 3. The summed E-state index contributed by atoms with van der Waals surface area (Å²) in [6, 6.07) is 6.71. The average molecular weight is 319 g/mol. The highest BCUT2D eigenvalue weighted by Gasteiger charge is 2.29. The first-order chi connectivity index (χ1) is 11.0. The highest BCUT2D eigenvalue weighted by Crippen LogP contribution is 2.23. The number of carbonyl (C=O) groups is 3. The molecule has 1 aliphatic heterocycles. The number of para-hydroxylation sites is 1. The van der Waals surface area contributed by atoms with Crippen LogP contribution in [0.4, 0.5) is 0 Å². The number of rotatable bonds is 5. The van der Waals surface area contributed by atoms with Gasteiger partial charge in [0.25, 0.3) is 11.8 Å². The third kappa shape index (κ3) is 4.21. The molecular weight excluding hydrogens is 298 g/mol. The van der Waals surface area contributed by atoms with E-state index in [1.54, 1.807) is 36.2 Å². The molecule has 7 nitrogen and oxygen atoms in total. The van der Waals surface area contributed by atoms with E-state index in [0.29, 0.717) is 24.4 Å². The smallest absolute Gasteiger partial charge is 0.257 e. The van der Waals surface area contributed by atoms with Crippen molar-refractivity contribution in [3.05, 3.63) is 29.8 Å². The molecule has 3 N–H and O–H groups in total. The number of amides is 3. The number of primary amides is 1. The third-order valence-corrected chi connectivity index (χ3v) is 3.81. The second-order valence-electron chi connectivity index (χ2n) is 5.46. The third-order valence-electron chi connectivity index (χ3n) is 3.81. The minimum absolute atomic E-state index is 0.0548. The number of ether oxygens (including phenoxy) is 1. The number of likely N-dealkylation sites (tertiary alicyclic amines) is 1. The Hall–Kier alpha value is -2.57. The number of piperidine rings is 1. The second kappa shape index (κ2) is 7.62. The van der Waals surface area contributed by atoms with Gasteiger partial charge in [-0.2, -0.15) is 0 Å². The second-order valence-corrected chi connectivity index (χ2v) is 5.46. The van der Waals surface area contributed by atoms with Crippen LogP contribution in [-0.4, -0.2) is 49.4 Å². The fraction of sp³-hybridized carbons (Fsp3) is 0.438. The number of hydrogen-bond donors (Lipinski definition) is 2. The quantitative estimate of drug-likeness (QED) is 0.806. The fourth-order valence-corrected chi connectivity index (χ4v) is 2.67. The van der Waals surface area contributed by atoms with Gasteiger partial charge in [0, 0.05) is 20.1 Å². The highest BCUT2D eigenvalue weighted by atomic mass is 16.5. The van der Waals surface area contributed by atoms with Crippen LogP contribution in [0.3, 0.4) is 0 Å². The Kier molecular flexibility index (Phi) is 5.56. The molecule has 0 aromatic heterocycles. The molecule has 0 aliphatic carbocycles. The molecule has 23 heavy (non-hydrogen) atoms. The summed E-state index contributed by atoms with van der Waals surface area (Å²) in [6.45, 7) is 0.685. The van der Waals surface area contributed by atoms with Crippen molar-refractivity contribution in [1.29, 1.82) is 0 Å². The van der Waals surface area contributed by atoms with E-state index in [0.717, 1.165) is 12.8 Å². The maximum absolute atomic E-state index is 12.7. The van der Waals surface area contributed by atoms with E-state index in [1.807, 2.05) is 0 Å². The van der Waals surface area contributed by atoms with Gasteiger partial charge >= 0.3 is 0 Å². The van der Waals surface area contributed by atoms with Gasteiger partial charge in [0.1, 0.15) is 5.75 Å². The molecule has 124 valence electrons. The van der Waals surface area contributed by atoms with Crippen LogP contribution in [0.1, 0.15) is 23.2 Å². The van der Waals surface area contributed by atoms with Gasteiger partial charge in [-0.1, -0.05) is 12.1 Å². The summed E-state index contributed by atoms with van der Waals surface area (Å²) < 4.78 is 5.30. The van der Waals surface area contributed by atoms with E-state index >= 15 is 0 Å². The lowest BCUT2D eigenvalue weighted by molar-refractivity contribution is -0.125. The summed E-state index contributed by atoms with van der Waals surface area (Å²) in [4.78, 5) is 37.0. The first-order valence-electron chi connectivity index (χ1n) is 7.54. The summed E-state index contributed by atoms with van der Waals surface area (Å²) in [6.07, 6.45) is 1.54. The highest BCUT2D eigenvalue weighted by molar-refractivity contribution is 5.97. The van der Waals surface area contributed by atoms with Crippen LogP contribution in [-0.2, 0) is 9.59 Å². The zero-order valence-corrected chi connectivity index (χ0v) is 13.1. The summed E-state index contributed by atoms with van der Waals surface area (Å²) in [5, 5.41) is 2.63. The standard InChI is InChI=1S/C16H21N3O4/c1-18-15(21)11-5-4-8-19(9-11)16(22)12-6-2-3-7-13(12)23-10-14(17)20/h2-3,6-7,11H,4-5,8-10H2,1H3,(H2,17,20)(H,18,21). The van der Waals surface area contributed by atoms with E-state index in [4.69, 9.17) is 10.5 Å². The predicted octanol–water partition coefficient (Wildman–Crippen LogP) is 0.149. The van der Waals surface area contributed by atoms with E-state index in [9.17, 15) is 14.4 Å². The molecule has 0 radical (unpaired) electrons. The van der Waals surface area contributed by atoms with Crippen molar-refractivity contribution in [3.63, 3.8) is 0 Å². The minimum Gasteiger partial charge on any atom is -0.483 e. The summed E-state index contributed by atoms with van der Waals surface area (Å²) >= 11 is 0. The normalized spacial score (nSPS) is 17.4. The minimum atomic E-state index is -0.607. The molecule has 1 aliphatic rings. The molecule has 1 aromatic rings. The van der Waals surface area contributed by atoms with Crippen LogP contribution in [0, 0.1) is 5.92 Å². The van der Waals surface area contributed by atoms with Gasteiger partial charge in [0.05, 0.1) is 11.5 Å². The van der Waals surface area contributed by atoms with Crippen molar-refractivity contribution >= 4 is 17.7 Å². The Morgan fingerprint density at radius 2 is 2.09 bits per heavy atom. The number of nitrogens with one attached hydrogen (secondary N) is 1. The molecule has 1 saturated heterocycles. The van der Waals surface area contributed by atoms with Gasteiger partial charge in [0.2, 0.25) is 5.91 Å². The summed E-state index contributed by atoms with van der Waals surface area (Å²) in [7, 11) is 1.59. The molecule has 7 heteroatoms. The van der Waals surface area contributed by atoms with Crippen molar-refractivity contribution in [3.8, 4) is 5.75 Å². The SMILES string of the molecule is CNC(=O)C1CCCN(C(=O)c2ccccc2OCC(N)=O)C1. The zero-order chi connectivity index (χ0) is 16.8. The van der Waals surface area contributed by atoms with Crippen molar-refractivity contribution in [2.24, 2.45) is 11.7 Å². The van der Waals surface area contributed by atoms with Gasteiger partial charge < -0.3 is 20.7 Å². The molecule has 2 rings (SSSR count). The molecule has 1 heterocycles. The molecule has 0 bridgehead atoms. The molecule has 0 saturated carbocycles. The molecular formula is C16H21N3O4. The van der Waals surface area contributed by atoms with Crippen molar-refractivity contribution in [1.82, 2.24) is 10.2 Å². The lowest BCUT2D eigenvalue weighted by Crippen LogP contribution is -2.44. The Morgan fingerprint density at radius 3 is 2.78 bits per heavy atom. The van der Waals surface area contributed by atoms with E-state index in [1.165, 1.54) is 0 Å². The Bertz CT molecular complexity index is 603. The van der Waals surface area contributed by atoms with Gasteiger partial charge in [-0.05, 0) is 25.0 Å². The molecule has 1 atom stereocenters. The van der Waals surface area contributed by atoms with Crippen LogP contribution in [0.5, 0.6) is 5.75 Å². The lowest BCUT2D eigenvalue weighted by atomic mass is 9.96. The van der Waals surface area contributed by atoms with Crippen molar-refractivity contribution in [2.45, 2.75) is 12.8 Å². The lowest BCUT2D eigenvalue weighted by Gasteiger charge is -2.32. The fourth-order valence-electron chi connectivity index (χ4n) is 2.67. The van der Waals surface area contributed by atoms with Gasteiger partial charge in [-0.15, -0.1) is 0 Å². The van der Waals surface area contributed by atoms with Gasteiger partial charge in [0.15, 0.2) is 6.61 Å². The van der Waals surface area contributed by atoms with Gasteiger partial charge in [-0.3, -0.25) is 14.4 Å². The predicted molar refractivity (Wildman–Crippen MR) is 83.8 cm³/mol. The van der Waals surface area contributed by atoms with E-state index < -0.39 is 5.91 Å². The molecule has 3 amide bonds. The first-order valence-corrected chi connectivity index (χ1v) is 7.54. The number of hydrogen-bond acceptors (Lipinski definition) is 4. The van der Waals surface area contributed by atoms with Gasteiger partial charge in [-0.25, -0.2) is 0 Å². The number of nitrogens with two attached hydrogens (primary N) is 1. The maximum atomic E-state index is 12.7. The van der Waals surface area contributed by atoms with E-state index in [-0.39, 0.29) is 24.3 Å². The van der Waals surface area contributed by atoms with E-state index in [2.05, 4.69) is 5.32 Å². The largest absolute Gasteiger partial charge is 0.483 e. The Morgan fingerprint density at radius 1 is 1.35 bits per heavy atom. The Balaban J connectivity index is 2.13. The van der Waals surface area contributed by atoms with Crippen LogP contribution in [0.2, 0.25) is 0 Å².